The average molecular weight is 154 g/mol. The van der Waals surface area contributed by atoms with Crippen LogP contribution >= 0.6 is 0 Å². The largest absolute Gasteiger partial charge is 0.330 e. The highest BCUT2D eigenvalue weighted by Gasteiger charge is 2.04. The molecule has 11 heavy (non-hydrogen) atoms. The van der Waals surface area contributed by atoms with Gasteiger partial charge < -0.3 is 10.3 Å². The van der Waals surface area contributed by atoms with Gasteiger partial charge in [0.05, 0.1) is 0 Å². The molecule has 0 bridgehead atoms. The monoisotopic (exact) mass is 154 g/mol. The molecule has 4 heteroatoms. The van der Waals surface area contributed by atoms with E-state index in [0.29, 0.717) is 6.54 Å². The lowest BCUT2D eigenvalue weighted by Gasteiger charge is -2.02. The van der Waals surface area contributed by atoms with Gasteiger partial charge in [-0.05, 0) is 20.4 Å². The normalized spacial score (nSPS) is 10.5. The van der Waals surface area contributed by atoms with Crippen molar-refractivity contribution in [3.05, 3.63) is 11.6 Å². The molecular weight excluding hydrogens is 140 g/mol. The summed E-state index contributed by atoms with van der Waals surface area (Å²) in [5.74, 6) is 1.96. The third kappa shape index (κ3) is 1.57. The topological polar surface area (TPSA) is 56.7 Å². The Balaban J connectivity index is 2.86. The molecule has 1 aromatic rings. The van der Waals surface area contributed by atoms with Crippen molar-refractivity contribution in [2.75, 3.05) is 6.54 Å². The molecule has 1 heterocycles. The van der Waals surface area contributed by atoms with E-state index < -0.39 is 0 Å². The summed E-state index contributed by atoms with van der Waals surface area (Å²) in [4.78, 5) is 0. The highest BCUT2D eigenvalue weighted by Crippen LogP contribution is 2.00. The molecule has 0 aliphatic heterocycles. The Morgan fingerprint density at radius 1 is 1.45 bits per heavy atom. The van der Waals surface area contributed by atoms with E-state index >= 15 is 0 Å². The summed E-state index contributed by atoms with van der Waals surface area (Å²) >= 11 is 0. The van der Waals surface area contributed by atoms with E-state index in [1.165, 1.54) is 0 Å². The molecule has 0 aliphatic rings. The number of hydrogen-bond acceptors (Lipinski definition) is 3. The molecule has 0 amide bonds. The highest BCUT2D eigenvalue weighted by atomic mass is 15.3. The fourth-order valence-corrected chi connectivity index (χ4v) is 1.15. The second kappa shape index (κ2) is 3.48. The number of nitrogens with two attached hydrogens (primary N) is 1. The minimum atomic E-state index is 0.637. The fraction of sp³-hybridized carbons (Fsp3) is 0.714. The van der Waals surface area contributed by atoms with E-state index in [4.69, 9.17) is 5.73 Å². The van der Waals surface area contributed by atoms with Crippen LogP contribution in [0.25, 0.3) is 0 Å². The lowest BCUT2D eigenvalue weighted by molar-refractivity contribution is 0.675. The van der Waals surface area contributed by atoms with Gasteiger partial charge in [0, 0.05) is 13.0 Å². The van der Waals surface area contributed by atoms with Crippen molar-refractivity contribution in [3.63, 3.8) is 0 Å². The zero-order valence-corrected chi connectivity index (χ0v) is 7.04. The van der Waals surface area contributed by atoms with E-state index in [2.05, 4.69) is 21.7 Å². The third-order valence-electron chi connectivity index (χ3n) is 1.70. The van der Waals surface area contributed by atoms with E-state index in [9.17, 15) is 0 Å². The van der Waals surface area contributed by atoms with Crippen LogP contribution in [0, 0.1) is 6.92 Å². The lowest BCUT2D eigenvalue weighted by atomic mass is 10.4. The first-order valence-corrected chi connectivity index (χ1v) is 3.88. The van der Waals surface area contributed by atoms with Crippen LogP contribution < -0.4 is 5.73 Å². The second-order valence-electron chi connectivity index (χ2n) is 2.45. The standard InChI is InChI=1S/C7H14N4/c1-3-11-6(2)9-10-7(11)4-5-8/h3-5,8H2,1-2H3. The zero-order chi connectivity index (χ0) is 8.27. The van der Waals surface area contributed by atoms with Crippen molar-refractivity contribution >= 4 is 0 Å². The number of aromatic nitrogens is 3. The van der Waals surface area contributed by atoms with Gasteiger partial charge in [0.15, 0.2) is 0 Å². The molecule has 2 N–H and O–H groups in total. The summed E-state index contributed by atoms with van der Waals surface area (Å²) in [6, 6.07) is 0. The molecule has 1 rings (SSSR count). The van der Waals surface area contributed by atoms with Gasteiger partial charge in [0.1, 0.15) is 11.6 Å². The molecule has 0 spiro atoms. The van der Waals surface area contributed by atoms with Crippen molar-refractivity contribution in [1.29, 1.82) is 0 Å². The highest BCUT2D eigenvalue weighted by molar-refractivity contribution is 4.93. The van der Waals surface area contributed by atoms with Crippen LogP contribution in [-0.2, 0) is 13.0 Å². The van der Waals surface area contributed by atoms with E-state index in [-0.39, 0.29) is 0 Å². The zero-order valence-electron chi connectivity index (χ0n) is 7.04. The van der Waals surface area contributed by atoms with Gasteiger partial charge in [-0.2, -0.15) is 0 Å². The predicted octanol–water partition coefficient (Wildman–Crippen LogP) is 0.108. The first-order chi connectivity index (χ1) is 5.29. The Bertz CT molecular complexity index is 228. The van der Waals surface area contributed by atoms with Gasteiger partial charge in [-0.3, -0.25) is 0 Å². The molecule has 0 aliphatic carbocycles. The van der Waals surface area contributed by atoms with Crippen LogP contribution in [0.5, 0.6) is 0 Å². The summed E-state index contributed by atoms with van der Waals surface area (Å²) < 4.78 is 2.08. The summed E-state index contributed by atoms with van der Waals surface area (Å²) in [5.41, 5.74) is 5.41. The minimum absolute atomic E-state index is 0.637. The van der Waals surface area contributed by atoms with Crippen LogP contribution in [0.2, 0.25) is 0 Å². The van der Waals surface area contributed by atoms with Crippen LogP contribution in [-0.4, -0.2) is 21.3 Å². The summed E-state index contributed by atoms with van der Waals surface area (Å²) in [6.07, 6.45) is 0.814. The van der Waals surface area contributed by atoms with Crippen LogP contribution in [0.3, 0.4) is 0 Å². The molecule has 1 aromatic heterocycles. The molecule has 0 saturated carbocycles. The SMILES string of the molecule is CCn1c(C)nnc1CCN. The van der Waals surface area contributed by atoms with Gasteiger partial charge in [0.25, 0.3) is 0 Å². The molecule has 0 aromatic carbocycles. The molecule has 62 valence electrons. The minimum Gasteiger partial charge on any atom is -0.330 e. The summed E-state index contributed by atoms with van der Waals surface area (Å²) in [6.45, 7) is 5.60. The number of nitrogens with zero attached hydrogens (tertiary/aromatic N) is 3. The van der Waals surface area contributed by atoms with E-state index in [1.54, 1.807) is 0 Å². The van der Waals surface area contributed by atoms with Crippen molar-refractivity contribution in [2.45, 2.75) is 26.8 Å². The summed E-state index contributed by atoms with van der Waals surface area (Å²) in [7, 11) is 0. The Morgan fingerprint density at radius 3 is 2.73 bits per heavy atom. The van der Waals surface area contributed by atoms with Crippen molar-refractivity contribution in [1.82, 2.24) is 14.8 Å². The Morgan fingerprint density at radius 2 is 2.18 bits per heavy atom. The number of aryl methyl sites for hydroxylation is 1. The Hall–Kier alpha value is -0.900. The van der Waals surface area contributed by atoms with Crippen LogP contribution in [0.4, 0.5) is 0 Å². The Kier molecular flexibility index (Phi) is 2.59. The predicted molar refractivity (Wildman–Crippen MR) is 43.2 cm³/mol. The third-order valence-corrected chi connectivity index (χ3v) is 1.70. The van der Waals surface area contributed by atoms with E-state index in [1.807, 2.05) is 6.92 Å². The number of hydrogen-bond donors (Lipinski definition) is 1. The maximum Gasteiger partial charge on any atom is 0.134 e. The molecular formula is C7H14N4. The van der Waals surface area contributed by atoms with Gasteiger partial charge in [-0.15, -0.1) is 10.2 Å². The first kappa shape index (κ1) is 8.20. The molecule has 0 saturated heterocycles. The molecule has 0 fully saturated rings. The van der Waals surface area contributed by atoms with Crippen LogP contribution in [0.1, 0.15) is 18.6 Å². The summed E-state index contributed by atoms with van der Waals surface area (Å²) in [5, 5.41) is 7.97. The van der Waals surface area contributed by atoms with E-state index in [0.717, 1.165) is 24.6 Å². The molecule has 0 unspecified atom stereocenters. The molecule has 4 nitrogen and oxygen atoms in total. The maximum atomic E-state index is 5.41. The van der Waals surface area contributed by atoms with Gasteiger partial charge >= 0.3 is 0 Å². The lowest BCUT2D eigenvalue weighted by Crippen LogP contribution is -2.10. The first-order valence-electron chi connectivity index (χ1n) is 3.88. The van der Waals surface area contributed by atoms with Crippen LogP contribution in [0.15, 0.2) is 0 Å². The van der Waals surface area contributed by atoms with Crippen molar-refractivity contribution in [2.24, 2.45) is 5.73 Å². The quantitative estimate of drug-likeness (QED) is 0.672. The van der Waals surface area contributed by atoms with Gasteiger partial charge in [-0.25, -0.2) is 0 Å². The average Bonchev–Trinajstić information content (AvgIpc) is 2.33. The second-order valence-corrected chi connectivity index (χ2v) is 2.45. The van der Waals surface area contributed by atoms with Gasteiger partial charge in [-0.1, -0.05) is 0 Å². The molecule has 0 atom stereocenters. The number of rotatable bonds is 3. The fourth-order valence-electron chi connectivity index (χ4n) is 1.15. The van der Waals surface area contributed by atoms with Gasteiger partial charge in [0.2, 0.25) is 0 Å². The van der Waals surface area contributed by atoms with Crippen molar-refractivity contribution < 1.29 is 0 Å². The smallest absolute Gasteiger partial charge is 0.134 e. The molecule has 0 radical (unpaired) electrons. The maximum absolute atomic E-state index is 5.41. The van der Waals surface area contributed by atoms with Crippen molar-refractivity contribution in [3.8, 4) is 0 Å². The Labute approximate surface area is 66.4 Å².